The van der Waals surface area contributed by atoms with Crippen molar-refractivity contribution in [3.05, 3.63) is 53.9 Å². The van der Waals surface area contributed by atoms with Crippen LogP contribution < -0.4 is 9.47 Å². The van der Waals surface area contributed by atoms with E-state index in [-0.39, 0.29) is 11.9 Å². The van der Waals surface area contributed by atoms with Gasteiger partial charge in [0.15, 0.2) is 0 Å². The van der Waals surface area contributed by atoms with Crippen molar-refractivity contribution >= 4 is 10.9 Å². The molecule has 1 aliphatic carbocycles. The summed E-state index contributed by atoms with van der Waals surface area (Å²) in [5.74, 6) is 0.972. The average Bonchev–Trinajstić information content (AvgIpc) is 3.33. The predicted octanol–water partition coefficient (Wildman–Crippen LogP) is 2.77. The van der Waals surface area contributed by atoms with E-state index >= 15 is 0 Å². The van der Waals surface area contributed by atoms with Crippen LogP contribution in [0.4, 0.5) is 0 Å². The number of hydrogen-bond acceptors (Lipinski definition) is 7. The SMILES string of the molecule is COc1ncc([C@]2(O)CC[C@H]3CN(Cc4ccc5ncccc5c4)C[C@H]32)c(OC)n1. The maximum absolute atomic E-state index is 11.7. The van der Waals surface area contributed by atoms with Gasteiger partial charge in [0.1, 0.15) is 5.60 Å². The Balaban J connectivity index is 1.37. The smallest absolute Gasteiger partial charge is 0.319 e. The fourth-order valence-corrected chi connectivity index (χ4v) is 5.23. The molecule has 3 aromatic rings. The summed E-state index contributed by atoms with van der Waals surface area (Å²) in [7, 11) is 3.09. The van der Waals surface area contributed by atoms with Crippen molar-refractivity contribution in [2.45, 2.75) is 25.0 Å². The second kappa shape index (κ2) is 7.49. The first-order valence-corrected chi connectivity index (χ1v) is 10.3. The van der Waals surface area contributed by atoms with Crippen molar-refractivity contribution in [1.82, 2.24) is 19.9 Å². The van der Waals surface area contributed by atoms with Crippen LogP contribution in [0, 0.1) is 11.8 Å². The molecule has 3 atom stereocenters. The molecule has 1 saturated heterocycles. The number of benzene rings is 1. The number of rotatable bonds is 5. The largest absolute Gasteiger partial charge is 0.481 e. The number of nitrogens with zero attached hydrogens (tertiary/aromatic N) is 4. The minimum Gasteiger partial charge on any atom is -0.481 e. The van der Waals surface area contributed by atoms with Gasteiger partial charge in [-0.15, -0.1) is 0 Å². The van der Waals surface area contributed by atoms with E-state index in [0.29, 0.717) is 23.8 Å². The fourth-order valence-electron chi connectivity index (χ4n) is 5.23. The van der Waals surface area contributed by atoms with Crippen LogP contribution in [0.3, 0.4) is 0 Å². The Hall–Kier alpha value is -2.77. The molecule has 0 unspecified atom stereocenters. The van der Waals surface area contributed by atoms with Crippen LogP contribution in [0.2, 0.25) is 0 Å². The molecule has 7 nitrogen and oxygen atoms in total. The number of ether oxygens (including phenoxy) is 2. The van der Waals surface area contributed by atoms with Gasteiger partial charge < -0.3 is 14.6 Å². The number of likely N-dealkylation sites (tertiary alicyclic amines) is 1. The second-order valence-electron chi connectivity index (χ2n) is 8.33. The van der Waals surface area contributed by atoms with Crippen LogP contribution in [-0.2, 0) is 12.1 Å². The Morgan fingerprint density at radius 2 is 2.07 bits per heavy atom. The lowest BCUT2D eigenvalue weighted by Gasteiger charge is -2.31. The lowest BCUT2D eigenvalue weighted by molar-refractivity contribution is -0.00972. The third kappa shape index (κ3) is 3.18. The van der Waals surface area contributed by atoms with E-state index in [0.717, 1.165) is 37.0 Å². The number of pyridine rings is 1. The van der Waals surface area contributed by atoms with Crippen molar-refractivity contribution in [3.63, 3.8) is 0 Å². The normalized spacial score (nSPS) is 26.1. The zero-order valence-electron chi connectivity index (χ0n) is 17.3. The lowest BCUT2D eigenvalue weighted by atomic mass is 9.83. The Labute approximate surface area is 175 Å². The van der Waals surface area contributed by atoms with Gasteiger partial charge >= 0.3 is 6.01 Å². The summed E-state index contributed by atoms with van der Waals surface area (Å²) in [6.45, 7) is 2.68. The van der Waals surface area contributed by atoms with Gasteiger partial charge in [-0.1, -0.05) is 12.1 Å². The van der Waals surface area contributed by atoms with Gasteiger partial charge in [-0.3, -0.25) is 9.88 Å². The molecule has 2 aromatic heterocycles. The summed E-state index contributed by atoms with van der Waals surface area (Å²) < 4.78 is 10.6. The van der Waals surface area contributed by atoms with E-state index in [4.69, 9.17) is 9.47 Å². The highest BCUT2D eigenvalue weighted by molar-refractivity contribution is 5.78. The van der Waals surface area contributed by atoms with Crippen LogP contribution in [0.5, 0.6) is 11.9 Å². The van der Waals surface area contributed by atoms with Crippen molar-refractivity contribution in [2.75, 3.05) is 27.3 Å². The number of aromatic nitrogens is 3. The quantitative estimate of drug-likeness (QED) is 0.698. The minimum atomic E-state index is -0.982. The van der Waals surface area contributed by atoms with E-state index in [1.165, 1.54) is 12.7 Å². The first-order valence-electron chi connectivity index (χ1n) is 10.3. The van der Waals surface area contributed by atoms with Gasteiger partial charge in [0.2, 0.25) is 5.88 Å². The highest BCUT2D eigenvalue weighted by Gasteiger charge is 2.53. The second-order valence-corrected chi connectivity index (χ2v) is 8.33. The summed E-state index contributed by atoms with van der Waals surface area (Å²) in [6.07, 6.45) is 5.16. The van der Waals surface area contributed by atoms with Gasteiger partial charge in [-0.2, -0.15) is 4.98 Å². The summed E-state index contributed by atoms with van der Waals surface area (Å²) >= 11 is 0. The van der Waals surface area contributed by atoms with Crippen molar-refractivity contribution < 1.29 is 14.6 Å². The number of hydrogen-bond donors (Lipinski definition) is 1. The molecule has 0 spiro atoms. The molecule has 0 radical (unpaired) electrons. The molecule has 1 aromatic carbocycles. The monoisotopic (exact) mass is 406 g/mol. The highest BCUT2D eigenvalue weighted by Crippen LogP contribution is 2.52. The van der Waals surface area contributed by atoms with E-state index in [9.17, 15) is 5.11 Å². The van der Waals surface area contributed by atoms with Crippen molar-refractivity contribution in [2.24, 2.45) is 11.8 Å². The molecule has 5 rings (SSSR count). The molecule has 156 valence electrons. The molecule has 1 saturated carbocycles. The Kier molecular flexibility index (Phi) is 4.79. The molecule has 0 amide bonds. The highest BCUT2D eigenvalue weighted by atomic mass is 16.5. The van der Waals surface area contributed by atoms with Crippen LogP contribution in [0.25, 0.3) is 10.9 Å². The zero-order valence-corrected chi connectivity index (χ0v) is 17.3. The molecule has 3 heterocycles. The maximum atomic E-state index is 11.7. The van der Waals surface area contributed by atoms with Gasteiger partial charge in [0.25, 0.3) is 0 Å². The third-order valence-corrected chi connectivity index (χ3v) is 6.67. The van der Waals surface area contributed by atoms with E-state index in [2.05, 4.69) is 44.1 Å². The molecule has 2 aliphatic rings. The van der Waals surface area contributed by atoms with Gasteiger partial charge in [0.05, 0.1) is 25.3 Å². The first kappa shape index (κ1) is 19.2. The Morgan fingerprint density at radius 3 is 2.90 bits per heavy atom. The Morgan fingerprint density at radius 1 is 1.17 bits per heavy atom. The van der Waals surface area contributed by atoms with Crippen molar-refractivity contribution in [1.29, 1.82) is 0 Å². The topological polar surface area (TPSA) is 80.6 Å². The third-order valence-electron chi connectivity index (χ3n) is 6.67. The summed E-state index contributed by atoms with van der Waals surface area (Å²) in [6, 6.07) is 10.7. The average molecular weight is 406 g/mol. The molecule has 7 heteroatoms. The zero-order chi connectivity index (χ0) is 20.7. The number of methoxy groups -OCH3 is 2. The molecule has 2 fully saturated rings. The molecule has 1 aliphatic heterocycles. The lowest BCUT2D eigenvalue weighted by Crippen LogP contribution is -2.35. The number of fused-ring (bicyclic) bond motifs is 2. The van der Waals surface area contributed by atoms with Gasteiger partial charge in [-0.05, 0) is 42.5 Å². The van der Waals surface area contributed by atoms with Crippen LogP contribution in [-0.4, -0.2) is 52.3 Å². The summed E-state index contributed by atoms with van der Waals surface area (Å²) in [5.41, 5.74) is 1.96. The van der Waals surface area contributed by atoms with Crippen LogP contribution in [0.15, 0.2) is 42.7 Å². The minimum absolute atomic E-state index is 0.130. The molecule has 30 heavy (non-hydrogen) atoms. The van der Waals surface area contributed by atoms with Gasteiger partial charge in [0, 0.05) is 43.3 Å². The summed E-state index contributed by atoms with van der Waals surface area (Å²) in [4.78, 5) is 15.4. The van der Waals surface area contributed by atoms with E-state index < -0.39 is 5.60 Å². The maximum Gasteiger partial charge on any atom is 0.319 e. The number of aliphatic hydroxyl groups is 1. The van der Waals surface area contributed by atoms with Crippen molar-refractivity contribution in [3.8, 4) is 11.9 Å². The van der Waals surface area contributed by atoms with E-state index in [1.54, 1.807) is 13.3 Å². The van der Waals surface area contributed by atoms with E-state index in [1.807, 2.05) is 12.3 Å². The molecular formula is C23H26N4O3. The first-order chi connectivity index (χ1) is 14.6. The predicted molar refractivity (Wildman–Crippen MR) is 112 cm³/mol. The van der Waals surface area contributed by atoms with Crippen LogP contribution >= 0.6 is 0 Å². The fraction of sp³-hybridized carbons (Fsp3) is 0.435. The Bertz CT molecular complexity index is 1080. The standard InChI is InChI=1S/C23H26N4O3/c1-29-21-18(11-25-22(26-21)30-2)23(28)8-7-17-13-27(14-19(17)23)12-15-5-6-20-16(10-15)4-3-9-24-20/h3-6,9-11,17,19,28H,7-8,12-14H2,1-2H3/t17-,19+,23+/m0/s1. The van der Waals surface area contributed by atoms with Gasteiger partial charge in [-0.25, -0.2) is 4.98 Å². The van der Waals surface area contributed by atoms with Crippen LogP contribution in [0.1, 0.15) is 24.0 Å². The molecular weight excluding hydrogens is 380 g/mol. The summed E-state index contributed by atoms with van der Waals surface area (Å²) in [5, 5.41) is 12.9. The molecule has 0 bridgehead atoms. The molecule has 1 N–H and O–H groups in total.